The van der Waals surface area contributed by atoms with Gasteiger partial charge in [-0.2, -0.15) is 0 Å². The van der Waals surface area contributed by atoms with Crippen LogP contribution in [0.3, 0.4) is 0 Å². The van der Waals surface area contributed by atoms with Crippen LogP contribution in [0, 0.1) is 0 Å². The van der Waals surface area contributed by atoms with Gasteiger partial charge < -0.3 is 23.7 Å². The Morgan fingerprint density at radius 1 is 1.16 bits per heavy atom. The molecule has 0 aliphatic carbocycles. The Morgan fingerprint density at radius 2 is 1.79 bits per heavy atom. The van der Waals surface area contributed by atoms with Crippen molar-refractivity contribution in [3.63, 3.8) is 0 Å². The highest BCUT2D eigenvalue weighted by Gasteiger charge is 2.07. The van der Waals surface area contributed by atoms with Crippen LogP contribution >= 0.6 is 0 Å². The van der Waals surface area contributed by atoms with Crippen LogP contribution in [0.5, 0.6) is 0 Å². The molecule has 0 aromatic carbocycles. The van der Waals surface area contributed by atoms with Crippen LogP contribution in [0.1, 0.15) is 13.8 Å². The summed E-state index contributed by atoms with van der Waals surface area (Å²) in [5.41, 5.74) is 0.305. The molecule has 6 heteroatoms. The zero-order chi connectivity index (χ0) is 14.5. The zero-order valence-electron chi connectivity index (χ0n) is 12.0. The van der Waals surface area contributed by atoms with Gasteiger partial charge >= 0.3 is 5.97 Å². The quantitative estimate of drug-likeness (QED) is 0.231. The highest BCUT2D eigenvalue weighted by atomic mass is 16.7. The molecule has 0 aliphatic rings. The molecule has 0 saturated carbocycles. The molecule has 0 N–H and O–H groups in total. The van der Waals surface area contributed by atoms with Gasteiger partial charge in [0.25, 0.3) is 0 Å². The molecule has 0 saturated heterocycles. The first-order chi connectivity index (χ1) is 9.11. The number of esters is 1. The molecule has 112 valence electrons. The van der Waals surface area contributed by atoms with Gasteiger partial charge in [-0.15, -0.1) is 0 Å². The Hall–Kier alpha value is -0.950. The maximum Gasteiger partial charge on any atom is 0.335 e. The number of hydrogen-bond donors (Lipinski definition) is 0. The van der Waals surface area contributed by atoms with Crippen LogP contribution in [-0.4, -0.2) is 59.0 Å². The molecule has 0 amide bonds. The number of ether oxygens (including phenoxy) is 5. The third kappa shape index (κ3) is 10.6. The SMILES string of the molecule is C=C(COCCOCCOC(C)OC)C(=O)OCC. The van der Waals surface area contributed by atoms with E-state index in [4.69, 9.17) is 23.7 Å². The maximum absolute atomic E-state index is 11.2. The lowest BCUT2D eigenvalue weighted by molar-refractivity contribution is -0.139. The first kappa shape index (κ1) is 18.0. The number of hydrogen-bond acceptors (Lipinski definition) is 6. The molecule has 19 heavy (non-hydrogen) atoms. The molecule has 0 bridgehead atoms. The average molecular weight is 276 g/mol. The lowest BCUT2D eigenvalue weighted by atomic mass is 10.3. The second kappa shape index (κ2) is 12.1. The zero-order valence-corrected chi connectivity index (χ0v) is 12.0. The van der Waals surface area contributed by atoms with Crippen LogP contribution in [0.15, 0.2) is 12.2 Å². The lowest BCUT2D eigenvalue weighted by Gasteiger charge is -2.11. The van der Waals surface area contributed by atoms with E-state index < -0.39 is 5.97 Å². The van der Waals surface area contributed by atoms with Gasteiger partial charge in [-0.25, -0.2) is 4.79 Å². The Morgan fingerprint density at radius 3 is 2.42 bits per heavy atom. The van der Waals surface area contributed by atoms with E-state index in [1.165, 1.54) is 0 Å². The molecule has 0 aromatic rings. The van der Waals surface area contributed by atoms with Gasteiger partial charge in [0.2, 0.25) is 0 Å². The molecule has 1 unspecified atom stereocenters. The number of methoxy groups -OCH3 is 1. The van der Waals surface area contributed by atoms with Crippen LogP contribution < -0.4 is 0 Å². The third-order valence-corrected chi connectivity index (χ3v) is 2.12. The molecule has 0 spiro atoms. The first-order valence-corrected chi connectivity index (χ1v) is 6.26. The van der Waals surface area contributed by atoms with Gasteiger partial charge in [-0.3, -0.25) is 0 Å². The van der Waals surface area contributed by atoms with Crippen molar-refractivity contribution in [3.8, 4) is 0 Å². The van der Waals surface area contributed by atoms with E-state index in [1.54, 1.807) is 14.0 Å². The fourth-order valence-electron chi connectivity index (χ4n) is 1.05. The summed E-state index contributed by atoms with van der Waals surface area (Å²) in [6.07, 6.45) is -0.229. The van der Waals surface area contributed by atoms with E-state index in [0.717, 1.165) is 0 Å². The van der Waals surface area contributed by atoms with E-state index in [1.807, 2.05) is 6.92 Å². The number of rotatable bonds is 12. The number of carbonyl (C=O) groups excluding carboxylic acids is 1. The van der Waals surface area contributed by atoms with Crippen molar-refractivity contribution in [3.05, 3.63) is 12.2 Å². The van der Waals surface area contributed by atoms with Crippen LogP contribution in [0.4, 0.5) is 0 Å². The van der Waals surface area contributed by atoms with Crippen molar-refractivity contribution in [2.45, 2.75) is 20.1 Å². The lowest BCUT2D eigenvalue weighted by Crippen LogP contribution is -2.16. The van der Waals surface area contributed by atoms with Crippen molar-refractivity contribution in [2.24, 2.45) is 0 Å². The summed E-state index contributed by atoms with van der Waals surface area (Å²) in [7, 11) is 1.58. The van der Waals surface area contributed by atoms with Crippen LogP contribution in [-0.2, 0) is 28.5 Å². The summed E-state index contributed by atoms with van der Waals surface area (Å²) in [4.78, 5) is 11.2. The Bertz CT molecular complexity index is 254. The van der Waals surface area contributed by atoms with Gasteiger partial charge in [0.05, 0.1) is 45.2 Å². The average Bonchev–Trinajstić information content (AvgIpc) is 2.41. The van der Waals surface area contributed by atoms with E-state index in [-0.39, 0.29) is 12.9 Å². The fourth-order valence-corrected chi connectivity index (χ4v) is 1.05. The minimum Gasteiger partial charge on any atom is -0.463 e. The summed E-state index contributed by atoms with van der Waals surface area (Å²) >= 11 is 0. The minimum absolute atomic E-state index is 0.152. The van der Waals surface area contributed by atoms with Gasteiger partial charge in [0, 0.05) is 7.11 Å². The summed E-state index contributed by atoms with van der Waals surface area (Å²) < 4.78 is 25.4. The Kier molecular flexibility index (Phi) is 11.5. The predicted molar refractivity (Wildman–Crippen MR) is 69.8 cm³/mol. The molecule has 0 rings (SSSR count). The molecule has 0 radical (unpaired) electrons. The molecule has 0 aliphatic heterocycles. The minimum atomic E-state index is -0.426. The van der Waals surface area contributed by atoms with Crippen molar-refractivity contribution >= 4 is 5.97 Å². The summed E-state index contributed by atoms with van der Waals surface area (Å²) in [6.45, 7) is 9.36. The molecule has 0 aromatic heterocycles. The predicted octanol–water partition coefficient (Wildman–Crippen LogP) is 1.15. The maximum atomic E-state index is 11.2. The topological polar surface area (TPSA) is 63.2 Å². The highest BCUT2D eigenvalue weighted by molar-refractivity contribution is 5.87. The van der Waals surface area contributed by atoms with Crippen molar-refractivity contribution in [1.29, 1.82) is 0 Å². The normalized spacial score (nSPS) is 12.2. The first-order valence-electron chi connectivity index (χ1n) is 6.26. The van der Waals surface area contributed by atoms with Gasteiger partial charge in [0.1, 0.15) is 0 Å². The molecular formula is C13H24O6. The Balaban J connectivity index is 3.31. The standard InChI is InChI=1S/C13H24O6/c1-5-18-13(14)11(2)10-17-7-6-16-8-9-19-12(3)15-4/h12H,2,5-10H2,1,3-4H3. The number of carbonyl (C=O) groups is 1. The Labute approximate surface area is 114 Å². The third-order valence-electron chi connectivity index (χ3n) is 2.12. The van der Waals surface area contributed by atoms with Gasteiger partial charge in [-0.1, -0.05) is 6.58 Å². The molecule has 0 fully saturated rings. The van der Waals surface area contributed by atoms with Gasteiger partial charge in [-0.05, 0) is 13.8 Å². The largest absolute Gasteiger partial charge is 0.463 e. The summed E-state index contributed by atoms with van der Waals surface area (Å²) in [5.74, 6) is -0.426. The summed E-state index contributed by atoms with van der Waals surface area (Å²) in [5, 5.41) is 0. The second-order valence-electron chi connectivity index (χ2n) is 3.66. The van der Waals surface area contributed by atoms with E-state index >= 15 is 0 Å². The van der Waals surface area contributed by atoms with Crippen molar-refractivity contribution < 1.29 is 28.5 Å². The van der Waals surface area contributed by atoms with Crippen molar-refractivity contribution in [2.75, 3.05) is 46.8 Å². The smallest absolute Gasteiger partial charge is 0.335 e. The molecule has 6 nitrogen and oxygen atoms in total. The van der Waals surface area contributed by atoms with E-state index in [2.05, 4.69) is 6.58 Å². The molecule has 0 heterocycles. The summed E-state index contributed by atoms with van der Waals surface area (Å²) in [6, 6.07) is 0. The second-order valence-corrected chi connectivity index (χ2v) is 3.66. The molecular weight excluding hydrogens is 252 g/mol. The van der Waals surface area contributed by atoms with Gasteiger partial charge in [0.15, 0.2) is 6.29 Å². The van der Waals surface area contributed by atoms with Crippen LogP contribution in [0.25, 0.3) is 0 Å². The highest BCUT2D eigenvalue weighted by Crippen LogP contribution is 1.96. The monoisotopic (exact) mass is 276 g/mol. The van der Waals surface area contributed by atoms with E-state index in [0.29, 0.717) is 38.6 Å². The fraction of sp³-hybridized carbons (Fsp3) is 0.769. The van der Waals surface area contributed by atoms with E-state index in [9.17, 15) is 4.79 Å². The van der Waals surface area contributed by atoms with Crippen molar-refractivity contribution in [1.82, 2.24) is 0 Å². The molecule has 1 atom stereocenters. The van der Waals surface area contributed by atoms with Crippen LogP contribution in [0.2, 0.25) is 0 Å².